The maximum absolute atomic E-state index is 12.2. The van der Waals surface area contributed by atoms with Crippen LogP contribution in [0.2, 0.25) is 5.15 Å². The molecule has 0 radical (unpaired) electrons. The molecular weight excluding hydrogens is 406 g/mol. The van der Waals surface area contributed by atoms with Crippen molar-refractivity contribution >= 4 is 35.1 Å². The molecule has 1 N–H and O–H groups in total. The normalized spacial score (nSPS) is 15.9. The lowest BCUT2D eigenvalue weighted by molar-refractivity contribution is 0.0939. The van der Waals surface area contributed by atoms with Gasteiger partial charge in [0.1, 0.15) is 11.0 Å². The van der Waals surface area contributed by atoms with Gasteiger partial charge in [-0.15, -0.1) is 0 Å². The lowest BCUT2D eigenvalue weighted by atomic mass is 10.1. The highest BCUT2D eigenvalue weighted by Crippen LogP contribution is 2.25. The smallest absolute Gasteiger partial charge is 0.251 e. The van der Waals surface area contributed by atoms with E-state index >= 15 is 0 Å². The van der Waals surface area contributed by atoms with Gasteiger partial charge in [0, 0.05) is 49.6 Å². The van der Waals surface area contributed by atoms with Crippen LogP contribution in [0.3, 0.4) is 0 Å². The highest BCUT2D eigenvalue weighted by molar-refractivity contribution is 7.98. The van der Waals surface area contributed by atoms with Crippen LogP contribution in [0.1, 0.15) is 36.2 Å². The first-order valence-electron chi connectivity index (χ1n) is 9.95. The van der Waals surface area contributed by atoms with Gasteiger partial charge in [-0.3, -0.25) is 4.79 Å². The fourth-order valence-corrected chi connectivity index (χ4v) is 3.99. The van der Waals surface area contributed by atoms with Crippen LogP contribution in [-0.4, -0.2) is 60.0 Å². The largest absolute Gasteiger partial charge is 0.354 e. The molecule has 8 heteroatoms. The molecule has 1 saturated heterocycles. The zero-order valence-corrected chi connectivity index (χ0v) is 18.8. The SMILES string of the molecule is CCC(C)NC(=O)c1ccc(CSc2nc(Cl)cc(N3CCN(C)CC3)n2)cc1. The molecule has 3 rings (SSSR count). The minimum atomic E-state index is -0.0338. The Bertz CT molecular complexity index is 824. The Morgan fingerprint density at radius 1 is 1.21 bits per heavy atom. The predicted molar refractivity (Wildman–Crippen MR) is 120 cm³/mol. The summed E-state index contributed by atoms with van der Waals surface area (Å²) >= 11 is 7.79. The highest BCUT2D eigenvalue weighted by Gasteiger charge is 2.17. The molecule has 0 spiro atoms. The number of carbonyl (C=O) groups excluding carboxylic acids is 1. The lowest BCUT2D eigenvalue weighted by Crippen LogP contribution is -2.44. The van der Waals surface area contributed by atoms with E-state index < -0.39 is 0 Å². The van der Waals surface area contributed by atoms with Crippen molar-refractivity contribution < 1.29 is 4.79 Å². The molecule has 2 heterocycles. The predicted octanol–water partition coefficient (Wildman–Crippen LogP) is 3.70. The van der Waals surface area contributed by atoms with Gasteiger partial charge < -0.3 is 15.1 Å². The summed E-state index contributed by atoms with van der Waals surface area (Å²) in [5.41, 5.74) is 1.79. The number of piperazine rings is 1. The summed E-state index contributed by atoms with van der Waals surface area (Å²) in [6.45, 7) is 7.97. The lowest BCUT2D eigenvalue weighted by Gasteiger charge is -2.33. The fourth-order valence-electron chi connectivity index (χ4n) is 2.96. The van der Waals surface area contributed by atoms with Gasteiger partial charge in [-0.2, -0.15) is 0 Å². The van der Waals surface area contributed by atoms with Crippen molar-refractivity contribution in [1.82, 2.24) is 20.2 Å². The van der Waals surface area contributed by atoms with E-state index in [9.17, 15) is 4.79 Å². The minimum absolute atomic E-state index is 0.0338. The van der Waals surface area contributed by atoms with Crippen LogP contribution in [-0.2, 0) is 5.75 Å². The zero-order chi connectivity index (χ0) is 20.8. The maximum atomic E-state index is 12.2. The Morgan fingerprint density at radius 3 is 2.55 bits per heavy atom. The number of halogens is 1. The van der Waals surface area contributed by atoms with Crippen LogP contribution in [0, 0.1) is 0 Å². The van der Waals surface area contributed by atoms with Gasteiger partial charge in [-0.25, -0.2) is 9.97 Å². The molecule has 6 nitrogen and oxygen atoms in total. The molecule has 1 fully saturated rings. The number of aromatic nitrogens is 2. The van der Waals surface area contributed by atoms with Gasteiger partial charge in [0.05, 0.1) is 0 Å². The molecular formula is C21H28ClN5OS. The summed E-state index contributed by atoms with van der Waals surface area (Å²) in [7, 11) is 2.13. The van der Waals surface area contributed by atoms with Gasteiger partial charge >= 0.3 is 0 Å². The first kappa shape index (κ1) is 21.9. The number of nitrogens with zero attached hydrogens (tertiary/aromatic N) is 4. The average Bonchev–Trinajstić information content (AvgIpc) is 2.72. The number of hydrogen-bond acceptors (Lipinski definition) is 6. The standard InChI is InChI=1S/C21H28ClN5OS/c1-4-15(2)23-20(28)17-7-5-16(6-8-17)14-29-21-24-18(22)13-19(25-21)27-11-9-26(3)10-12-27/h5-8,13,15H,4,9-12,14H2,1-3H3,(H,23,28). The molecule has 1 aliphatic heterocycles. The van der Waals surface area contributed by atoms with Crippen molar-refractivity contribution in [2.75, 3.05) is 38.1 Å². The van der Waals surface area contributed by atoms with E-state index in [1.54, 1.807) is 11.8 Å². The number of thioether (sulfide) groups is 1. The number of nitrogens with one attached hydrogen (secondary N) is 1. The molecule has 0 saturated carbocycles. The summed E-state index contributed by atoms with van der Waals surface area (Å²) in [5.74, 6) is 1.57. The maximum Gasteiger partial charge on any atom is 0.251 e. The second-order valence-electron chi connectivity index (χ2n) is 7.39. The highest BCUT2D eigenvalue weighted by atomic mass is 35.5. The summed E-state index contributed by atoms with van der Waals surface area (Å²) in [6.07, 6.45) is 0.913. The number of hydrogen-bond donors (Lipinski definition) is 1. The van der Waals surface area contributed by atoms with Crippen molar-refractivity contribution in [1.29, 1.82) is 0 Å². The summed E-state index contributed by atoms with van der Waals surface area (Å²) in [6, 6.07) is 9.69. The Morgan fingerprint density at radius 2 is 1.90 bits per heavy atom. The zero-order valence-electron chi connectivity index (χ0n) is 17.2. The Kier molecular flexibility index (Phi) is 7.75. The van der Waals surface area contributed by atoms with Crippen molar-refractivity contribution in [3.8, 4) is 0 Å². The van der Waals surface area contributed by atoms with Crippen LogP contribution in [0.25, 0.3) is 0 Å². The third-order valence-corrected chi connectivity index (χ3v) is 6.17. The van der Waals surface area contributed by atoms with E-state index in [4.69, 9.17) is 16.6 Å². The van der Waals surface area contributed by atoms with Crippen LogP contribution in [0.15, 0.2) is 35.5 Å². The number of amides is 1. The molecule has 1 aromatic heterocycles. The van der Waals surface area contributed by atoms with Crippen molar-refractivity contribution in [2.45, 2.75) is 37.2 Å². The summed E-state index contributed by atoms with van der Waals surface area (Å²) in [4.78, 5) is 25.8. The number of benzene rings is 1. The topological polar surface area (TPSA) is 61.4 Å². The number of carbonyl (C=O) groups is 1. The van der Waals surface area contributed by atoms with E-state index in [0.29, 0.717) is 15.9 Å². The monoisotopic (exact) mass is 433 g/mol. The molecule has 1 aromatic carbocycles. The van der Waals surface area contributed by atoms with Gasteiger partial charge in [0.15, 0.2) is 5.16 Å². The first-order valence-corrected chi connectivity index (χ1v) is 11.3. The van der Waals surface area contributed by atoms with Crippen LogP contribution in [0.5, 0.6) is 0 Å². The van der Waals surface area contributed by atoms with E-state index in [2.05, 4.69) is 34.1 Å². The van der Waals surface area contributed by atoms with E-state index in [1.807, 2.05) is 37.3 Å². The van der Waals surface area contributed by atoms with Crippen LogP contribution < -0.4 is 10.2 Å². The second-order valence-corrected chi connectivity index (χ2v) is 8.72. The average molecular weight is 434 g/mol. The van der Waals surface area contributed by atoms with Gasteiger partial charge in [0.25, 0.3) is 5.91 Å². The van der Waals surface area contributed by atoms with Crippen molar-refractivity contribution in [3.63, 3.8) is 0 Å². The number of anilines is 1. The van der Waals surface area contributed by atoms with Crippen molar-refractivity contribution in [3.05, 3.63) is 46.6 Å². The van der Waals surface area contributed by atoms with Gasteiger partial charge in [-0.1, -0.05) is 42.4 Å². The van der Waals surface area contributed by atoms with E-state index in [-0.39, 0.29) is 11.9 Å². The Labute approximate surface area is 182 Å². The third-order valence-electron chi connectivity index (χ3n) is 5.06. The molecule has 1 atom stereocenters. The fraction of sp³-hybridized carbons (Fsp3) is 0.476. The number of rotatable bonds is 7. The molecule has 1 unspecified atom stereocenters. The van der Waals surface area contributed by atoms with Crippen molar-refractivity contribution in [2.24, 2.45) is 0 Å². The molecule has 0 bridgehead atoms. The molecule has 29 heavy (non-hydrogen) atoms. The Hall–Kier alpha value is -1.83. The Balaban J connectivity index is 1.60. The van der Waals surface area contributed by atoms with E-state index in [0.717, 1.165) is 49.7 Å². The molecule has 0 aliphatic carbocycles. The molecule has 156 valence electrons. The quantitative estimate of drug-likeness (QED) is 0.408. The van der Waals surface area contributed by atoms with Gasteiger partial charge in [-0.05, 0) is 38.1 Å². The number of likely N-dealkylation sites (N-methyl/N-ethyl adjacent to an activating group) is 1. The third kappa shape index (κ3) is 6.32. The summed E-state index contributed by atoms with van der Waals surface area (Å²) in [5, 5.41) is 4.12. The second kappa shape index (κ2) is 10.3. The van der Waals surface area contributed by atoms with Crippen LogP contribution >= 0.6 is 23.4 Å². The van der Waals surface area contributed by atoms with Gasteiger partial charge in [0.2, 0.25) is 0 Å². The molecule has 1 amide bonds. The molecule has 2 aromatic rings. The van der Waals surface area contributed by atoms with E-state index in [1.165, 1.54) is 0 Å². The minimum Gasteiger partial charge on any atom is -0.354 e. The van der Waals surface area contributed by atoms with Crippen LogP contribution in [0.4, 0.5) is 5.82 Å². The first-order chi connectivity index (χ1) is 13.9. The summed E-state index contributed by atoms with van der Waals surface area (Å²) < 4.78 is 0. The molecule has 1 aliphatic rings.